The van der Waals surface area contributed by atoms with Gasteiger partial charge in [0.2, 0.25) is 0 Å². The minimum absolute atomic E-state index is 0.191. The summed E-state index contributed by atoms with van der Waals surface area (Å²) in [5, 5.41) is 7.87. The number of hydrogen-bond donors (Lipinski definition) is 2. The fraction of sp³-hybridized carbons (Fsp3) is 0.364. The lowest BCUT2D eigenvalue weighted by Crippen LogP contribution is -2.41. The molecule has 1 aromatic heterocycles. The molecule has 1 aliphatic carbocycles. The maximum atomic E-state index is 12.8. The van der Waals surface area contributed by atoms with Crippen molar-refractivity contribution in [1.29, 1.82) is 0 Å². The third-order valence-electron chi connectivity index (χ3n) is 5.03. The predicted molar refractivity (Wildman–Crippen MR) is 111 cm³/mol. The molecule has 0 spiro atoms. The molecule has 3 rings (SSSR count). The van der Waals surface area contributed by atoms with Gasteiger partial charge in [0.1, 0.15) is 5.70 Å². The third kappa shape index (κ3) is 5.30. The molecule has 142 valence electrons. The van der Waals surface area contributed by atoms with E-state index in [-0.39, 0.29) is 17.9 Å². The van der Waals surface area contributed by atoms with Gasteiger partial charge in [-0.1, -0.05) is 31.4 Å². The lowest BCUT2D eigenvalue weighted by Gasteiger charge is -2.23. The topological polar surface area (TPSA) is 58.2 Å². The van der Waals surface area contributed by atoms with Gasteiger partial charge in [-0.3, -0.25) is 9.59 Å². The smallest absolute Gasteiger partial charge is 0.268 e. The van der Waals surface area contributed by atoms with Crippen LogP contribution in [0.1, 0.15) is 58.5 Å². The third-order valence-corrected chi connectivity index (χ3v) is 5.85. The van der Waals surface area contributed by atoms with E-state index in [1.807, 2.05) is 43.5 Å². The van der Waals surface area contributed by atoms with Gasteiger partial charge in [-0.15, -0.1) is 11.3 Å². The van der Waals surface area contributed by atoms with E-state index in [0.717, 1.165) is 41.7 Å². The van der Waals surface area contributed by atoms with Crippen molar-refractivity contribution in [2.24, 2.45) is 0 Å². The van der Waals surface area contributed by atoms with E-state index in [1.165, 1.54) is 17.8 Å². The van der Waals surface area contributed by atoms with E-state index in [0.29, 0.717) is 11.3 Å². The molecule has 1 saturated carbocycles. The average molecular weight is 383 g/mol. The van der Waals surface area contributed by atoms with Crippen LogP contribution < -0.4 is 10.6 Å². The number of benzene rings is 1. The van der Waals surface area contributed by atoms with Crippen molar-refractivity contribution in [3.8, 4) is 0 Å². The number of thiophene rings is 1. The maximum absolute atomic E-state index is 12.8. The van der Waals surface area contributed by atoms with Crippen LogP contribution in [0.2, 0.25) is 0 Å². The first-order chi connectivity index (χ1) is 13.0. The Bertz CT molecular complexity index is 834. The summed E-state index contributed by atoms with van der Waals surface area (Å²) in [6.45, 7) is 3.99. The first-order valence-corrected chi connectivity index (χ1v) is 10.4. The summed E-state index contributed by atoms with van der Waals surface area (Å²) in [4.78, 5) is 26.5. The van der Waals surface area contributed by atoms with Gasteiger partial charge in [-0.25, -0.2) is 0 Å². The Hall–Kier alpha value is -2.40. The fourth-order valence-corrected chi connectivity index (χ4v) is 3.92. The summed E-state index contributed by atoms with van der Waals surface area (Å²) < 4.78 is 0. The standard InChI is InChI=1S/C22H26N2O2S/c1-15-10-11-17(13-16(15)2)21(25)24-20(14-19-9-6-12-27-19)22(26)23-18-7-4-3-5-8-18/h6,9-14,18H,3-5,7-8H2,1-2H3,(H,23,26)(H,24,25)/b20-14-. The lowest BCUT2D eigenvalue weighted by molar-refractivity contribution is -0.118. The Morgan fingerprint density at radius 3 is 2.52 bits per heavy atom. The summed E-state index contributed by atoms with van der Waals surface area (Å²) >= 11 is 1.53. The molecule has 1 heterocycles. The van der Waals surface area contributed by atoms with Gasteiger partial charge in [0.05, 0.1) is 0 Å². The Labute approximate surface area is 164 Å². The maximum Gasteiger partial charge on any atom is 0.268 e. The van der Waals surface area contributed by atoms with Gasteiger partial charge >= 0.3 is 0 Å². The highest BCUT2D eigenvalue weighted by Crippen LogP contribution is 2.19. The van der Waals surface area contributed by atoms with E-state index in [4.69, 9.17) is 0 Å². The largest absolute Gasteiger partial charge is 0.348 e. The minimum Gasteiger partial charge on any atom is -0.348 e. The van der Waals surface area contributed by atoms with E-state index in [1.54, 1.807) is 12.1 Å². The summed E-state index contributed by atoms with van der Waals surface area (Å²) in [6, 6.07) is 9.62. The summed E-state index contributed by atoms with van der Waals surface area (Å²) in [6.07, 6.45) is 7.27. The highest BCUT2D eigenvalue weighted by Gasteiger charge is 2.20. The van der Waals surface area contributed by atoms with Crippen molar-refractivity contribution in [3.05, 3.63) is 63.0 Å². The predicted octanol–water partition coefficient (Wildman–Crippen LogP) is 4.58. The van der Waals surface area contributed by atoms with Gasteiger partial charge in [-0.2, -0.15) is 0 Å². The molecule has 1 fully saturated rings. The summed E-state index contributed by atoms with van der Waals surface area (Å²) in [5.74, 6) is -0.479. The molecule has 0 unspecified atom stereocenters. The summed E-state index contributed by atoms with van der Waals surface area (Å²) in [7, 11) is 0. The normalized spacial score (nSPS) is 15.4. The number of carbonyl (C=O) groups is 2. The van der Waals surface area contributed by atoms with Crippen LogP contribution in [0.5, 0.6) is 0 Å². The molecular weight excluding hydrogens is 356 g/mol. The highest BCUT2D eigenvalue weighted by molar-refractivity contribution is 7.10. The van der Waals surface area contributed by atoms with Gasteiger partial charge in [0, 0.05) is 16.5 Å². The first kappa shape index (κ1) is 19.4. The van der Waals surface area contributed by atoms with Crippen LogP contribution in [-0.4, -0.2) is 17.9 Å². The zero-order valence-electron chi connectivity index (χ0n) is 15.9. The Balaban J connectivity index is 1.78. The minimum atomic E-state index is -0.264. The highest BCUT2D eigenvalue weighted by atomic mass is 32.1. The molecule has 2 aromatic rings. The Morgan fingerprint density at radius 2 is 1.85 bits per heavy atom. The second-order valence-corrected chi connectivity index (χ2v) is 8.11. The second-order valence-electron chi connectivity index (χ2n) is 7.13. The van der Waals surface area contributed by atoms with Crippen LogP contribution >= 0.6 is 11.3 Å². The number of hydrogen-bond acceptors (Lipinski definition) is 3. The Kier molecular flexibility index (Phi) is 6.45. The van der Waals surface area contributed by atoms with Crippen molar-refractivity contribution in [2.75, 3.05) is 0 Å². The number of nitrogens with one attached hydrogen (secondary N) is 2. The molecular formula is C22H26N2O2S. The van der Waals surface area contributed by atoms with Gasteiger partial charge in [0.15, 0.2) is 0 Å². The van der Waals surface area contributed by atoms with Crippen LogP contribution in [-0.2, 0) is 4.79 Å². The molecule has 0 bridgehead atoms. The van der Waals surface area contributed by atoms with Crippen LogP contribution in [0.25, 0.3) is 6.08 Å². The molecule has 4 nitrogen and oxygen atoms in total. The van der Waals surface area contributed by atoms with Crippen LogP contribution in [0, 0.1) is 13.8 Å². The molecule has 0 saturated heterocycles. The van der Waals surface area contributed by atoms with Gasteiger partial charge in [0.25, 0.3) is 11.8 Å². The number of carbonyl (C=O) groups excluding carboxylic acids is 2. The summed E-state index contributed by atoms with van der Waals surface area (Å²) in [5.41, 5.74) is 3.04. The Morgan fingerprint density at radius 1 is 1.07 bits per heavy atom. The molecule has 0 aliphatic heterocycles. The molecule has 1 aliphatic rings. The van der Waals surface area contributed by atoms with Gasteiger partial charge < -0.3 is 10.6 Å². The number of aryl methyl sites for hydroxylation is 2. The molecule has 0 atom stereocenters. The zero-order valence-corrected chi connectivity index (χ0v) is 16.7. The quantitative estimate of drug-likeness (QED) is 0.744. The molecule has 2 amide bonds. The second kappa shape index (κ2) is 9.00. The average Bonchev–Trinajstić information content (AvgIpc) is 3.17. The van der Waals surface area contributed by atoms with Crippen molar-refractivity contribution < 1.29 is 9.59 Å². The van der Waals surface area contributed by atoms with E-state index in [9.17, 15) is 9.59 Å². The van der Waals surface area contributed by atoms with E-state index in [2.05, 4.69) is 10.6 Å². The van der Waals surface area contributed by atoms with E-state index >= 15 is 0 Å². The number of amides is 2. The van der Waals surface area contributed by atoms with E-state index < -0.39 is 0 Å². The SMILES string of the molecule is Cc1ccc(C(=O)N/C(=C\c2cccs2)C(=O)NC2CCCCC2)cc1C. The molecule has 5 heteroatoms. The van der Waals surface area contributed by atoms with Crippen molar-refractivity contribution in [1.82, 2.24) is 10.6 Å². The van der Waals surface area contributed by atoms with Crippen LogP contribution in [0.3, 0.4) is 0 Å². The van der Waals surface area contributed by atoms with Gasteiger partial charge in [-0.05, 0) is 67.5 Å². The van der Waals surface area contributed by atoms with Crippen LogP contribution in [0.4, 0.5) is 0 Å². The number of rotatable bonds is 5. The monoisotopic (exact) mass is 382 g/mol. The van der Waals surface area contributed by atoms with Crippen LogP contribution in [0.15, 0.2) is 41.4 Å². The van der Waals surface area contributed by atoms with Crippen molar-refractivity contribution in [2.45, 2.75) is 52.0 Å². The lowest BCUT2D eigenvalue weighted by atomic mass is 9.95. The molecule has 2 N–H and O–H groups in total. The molecule has 1 aromatic carbocycles. The molecule has 0 radical (unpaired) electrons. The molecule has 27 heavy (non-hydrogen) atoms. The first-order valence-electron chi connectivity index (χ1n) is 9.47. The fourth-order valence-electron chi connectivity index (χ4n) is 3.26. The van der Waals surface area contributed by atoms with Crippen molar-refractivity contribution >= 4 is 29.2 Å². The zero-order chi connectivity index (χ0) is 19.2. The van der Waals surface area contributed by atoms with Crippen molar-refractivity contribution in [3.63, 3.8) is 0 Å².